The summed E-state index contributed by atoms with van der Waals surface area (Å²) in [6.45, 7) is 1.83. The minimum absolute atomic E-state index is 0.113. The summed E-state index contributed by atoms with van der Waals surface area (Å²) < 4.78 is 25.2. The normalized spacial score (nSPS) is 17.8. The highest BCUT2D eigenvalue weighted by Gasteiger charge is 2.40. The summed E-state index contributed by atoms with van der Waals surface area (Å²) in [4.78, 5) is 21.7. The number of fused-ring (bicyclic) bond motifs is 1. The van der Waals surface area contributed by atoms with Crippen molar-refractivity contribution in [1.29, 1.82) is 5.26 Å². The molecule has 1 unspecified atom stereocenters. The summed E-state index contributed by atoms with van der Waals surface area (Å²) >= 11 is 6.66. The van der Waals surface area contributed by atoms with Gasteiger partial charge in [-0.1, -0.05) is 54.1 Å². The third-order valence-electron chi connectivity index (χ3n) is 7.96. The van der Waals surface area contributed by atoms with Crippen LogP contribution in [0.25, 0.3) is 11.3 Å². The Balaban J connectivity index is 1.22. The van der Waals surface area contributed by atoms with Crippen LogP contribution >= 0.6 is 11.6 Å². The maximum Gasteiger partial charge on any atom is 0.265 e. The molecule has 9 heteroatoms. The topological polar surface area (TPSA) is 82.6 Å². The Morgan fingerprint density at radius 2 is 1.85 bits per heavy atom. The molecule has 6 rings (SSSR count). The van der Waals surface area contributed by atoms with Crippen LogP contribution in [-0.2, 0) is 17.8 Å². The van der Waals surface area contributed by atoms with Gasteiger partial charge in [-0.25, -0.2) is 9.37 Å². The van der Waals surface area contributed by atoms with Gasteiger partial charge >= 0.3 is 0 Å². The molecule has 3 aromatic carbocycles. The van der Waals surface area contributed by atoms with Gasteiger partial charge in [-0.3, -0.25) is 4.79 Å². The molecule has 1 saturated heterocycles. The number of rotatable bonds is 6. The number of amides is 1. The molecule has 0 spiro atoms. The van der Waals surface area contributed by atoms with Crippen LogP contribution < -0.4 is 9.64 Å². The number of benzene rings is 3. The molecule has 1 atom stereocenters. The van der Waals surface area contributed by atoms with E-state index in [1.165, 1.54) is 18.5 Å². The number of likely N-dealkylation sites (tertiary alicyclic amines) is 1. The number of halogens is 2. The Morgan fingerprint density at radius 3 is 2.54 bits per heavy atom. The zero-order valence-electron chi connectivity index (χ0n) is 22.3. The minimum atomic E-state index is -0.735. The second-order valence-corrected chi connectivity index (χ2v) is 11.1. The fourth-order valence-corrected chi connectivity index (χ4v) is 5.92. The van der Waals surface area contributed by atoms with Gasteiger partial charge in [0.05, 0.1) is 34.9 Å². The third-order valence-corrected chi connectivity index (χ3v) is 8.27. The lowest BCUT2D eigenvalue weighted by Crippen LogP contribution is -2.53. The average Bonchev–Trinajstić information content (AvgIpc) is 3.54. The van der Waals surface area contributed by atoms with Crippen LogP contribution in [0.3, 0.4) is 0 Å². The van der Waals surface area contributed by atoms with Crippen molar-refractivity contribution in [3.8, 4) is 23.1 Å². The summed E-state index contributed by atoms with van der Waals surface area (Å²) in [5.74, 6) is 0.638. The molecule has 1 amide bonds. The molecule has 41 heavy (non-hydrogen) atoms. The van der Waals surface area contributed by atoms with Gasteiger partial charge in [-0.05, 0) is 54.7 Å². The van der Waals surface area contributed by atoms with Crippen molar-refractivity contribution in [3.05, 3.63) is 101 Å². The van der Waals surface area contributed by atoms with Crippen LogP contribution in [0.2, 0.25) is 5.02 Å². The van der Waals surface area contributed by atoms with E-state index in [0.717, 1.165) is 16.8 Å². The average molecular weight is 571 g/mol. The van der Waals surface area contributed by atoms with Crippen LogP contribution in [0.1, 0.15) is 24.0 Å². The fraction of sp³-hybridized carbons (Fsp3) is 0.281. The number of nitrogens with zero attached hydrogens (tertiary/aromatic N) is 4. The molecule has 0 saturated carbocycles. The lowest BCUT2D eigenvalue weighted by Gasteiger charge is -2.41. The Kier molecular flexibility index (Phi) is 7.38. The highest BCUT2D eigenvalue weighted by Crippen LogP contribution is 2.43. The van der Waals surface area contributed by atoms with E-state index in [-0.39, 0.29) is 11.7 Å². The van der Waals surface area contributed by atoms with E-state index in [4.69, 9.17) is 20.8 Å². The number of nitriles is 1. The maximum absolute atomic E-state index is 13.8. The number of ether oxygens (including phenoxy) is 1. The van der Waals surface area contributed by atoms with E-state index < -0.39 is 11.5 Å². The molecule has 2 aliphatic heterocycles. The smallest absolute Gasteiger partial charge is 0.265 e. The molecule has 4 aromatic rings. The highest BCUT2D eigenvalue weighted by atomic mass is 35.5. The monoisotopic (exact) mass is 570 g/mol. The third kappa shape index (κ3) is 5.63. The molecule has 0 N–H and O–H groups in total. The summed E-state index contributed by atoms with van der Waals surface area (Å²) in [6.07, 6.45) is 3.79. The largest absolute Gasteiger partial charge is 0.477 e. The van der Waals surface area contributed by atoms with Crippen molar-refractivity contribution in [2.45, 2.75) is 31.9 Å². The number of hydrogen-bond donors (Lipinski definition) is 0. The quantitative estimate of drug-likeness (QED) is 0.271. The number of carbonyl (C=O) groups is 1. The molecule has 7 nitrogen and oxygen atoms in total. The standard InChI is InChI=1S/C32H28ClFN4O3/c33-26-15-27-28(14-25(26)29-17-36-21-40-29)41-30(19-38(27)18-23-4-2-1-3-5-23)31(39)37-12-10-32(20-35,11-13-37)16-22-6-8-24(34)9-7-22/h1-9,14-15,17,21,30H,10-13,16,18-19H2. The number of piperidine rings is 1. The minimum Gasteiger partial charge on any atom is -0.477 e. The molecular weight excluding hydrogens is 543 g/mol. The van der Waals surface area contributed by atoms with Gasteiger partial charge in [0.2, 0.25) is 0 Å². The number of hydrogen-bond acceptors (Lipinski definition) is 6. The molecule has 3 heterocycles. The molecule has 0 radical (unpaired) electrons. The van der Waals surface area contributed by atoms with Crippen LogP contribution in [0.5, 0.6) is 5.75 Å². The zero-order chi connectivity index (χ0) is 28.4. The van der Waals surface area contributed by atoms with E-state index in [2.05, 4.69) is 16.0 Å². The predicted molar refractivity (Wildman–Crippen MR) is 153 cm³/mol. The summed E-state index contributed by atoms with van der Waals surface area (Å²) in [6, 6.07) is 22.4. The van der Waals surface area contributed by atoms with Crippen molar-refractivity contribution in [2.75, 3.05) is 24.5 Å². The first-order chi connectivity index (χ1) is 19.9. The second-order valence-electron chi connectivity index (χ2n) is 10.7. The first-order valence-electron chi connectivity index (χ1n) is 13.6. The lowest BCUT2D eigenvalue weighted by atomic mass is 9.75. The van der Waals surface area contributed by atoms with Crippen molar-refractivity contribution in [1.82, 2.24) is 9.88 Å². The summed E-state index contributed by atoms with van der Waals surface area (Å²) in [5.41, 5.74) is 2.84. The Bertz CT molecular complexity index is 1560. The van der Waals surface area contributed by atoms with Crippen molar-refractivity contribution in [3.63, 3.8) is 0 Å². The molecule has 1 aromatic heterocycles. The van der Waals surface area contributed by atoms with E-state index in [0.29, 0.717) is 67.5 Å². The molecule has 0 aliphatic carbocycles. The molecule has 1 fully saturated rings. The van der Waals surface area contributed by atoms with Crippen LogP contribution in [0.15, 0.2) is 83.7 Å². The molecule has 0 bridgehead atoms. The van der Waals surface area contributed by atoms with Gasteiger partial charge in [0, 0.05) is 25.2 Å². The fourth-order valence-electron chi connectivity index (χ4n) is 5.67. The van der Waals surface area contributed by atoms with E-state index in [9.17, 15) is 14.4 Å². The first-order valence-corrected chi connectivity index (χ1v) is 13.9. The van der Waals surface area contributed by atoms with Gasteiger partial charge in [0.15, 0.2) is 18.3 Å². The van der Waals surface area contributed by atoms with Crippen molar-refractivity contribution < 1.29 is 18.3 Å². The van der Waals surface area contributed by atoms with Crippen LogP contribution in [0, 0.1) is 22.6 Å². The van der Waals surface area contributed by atoms with Gasteiger partial charge in [0.1, 0.15) is 11.6 Å². The molecule has 2 aliphatic rings. The summed E-state index contributed by atoms with van der Waals surface area (Å²) in [5, 5.41) is 10.6. The van der Waals surface area contributed by atoms with E-state index >= 15 is 0 Å². The van der Waals surface area contributed by atoms with Gasteiger partial charge in [-0.15, -0.1) is 0 Å². The second kappa shape index (κ2) is 11.3. The van der Waals surface area contributed by atoms with E-state index in [1.807, 2.05) is 36.4 Å². The van der Waals surface area contributed by atoms with Crippen LogP contribution in [0.4, 0.5) is 10.1 Å². The zero-order valence-corrected chi connectivity index (χ0v) is 23.1. The highest BCUT2D eigenvalue weighted by molar-refractivity contribution is 6.33. The van der Waals surface area contributed by atoms with Gasteiger partial charge in [-0.2, -0.15) is 5.26 Å². The number of oxazole rings is 1. The lowest BCUT2D eigenvalue weighted by molar-refractivity contribution is -0.140. The number of aromatic nitrogens is 1. The Morgan fingerprint density at radius 1 is 1.10 bits per heavy atom. The van der Waals surface area contributed by atoms with Crippen molar-refractivity contribution >= 4 is 23.2 Å². The van der Waals surface area contributed by atoms with Gasteiger partial charge < -0.3 is 19.0 Å². The molecular formula is C32H28ClFN4O3. The first kappa shape index (κ1) is 26.9. The Hall–Kier alpha value is -4.35. The van der Waals surface area contributed by atoms with E-state index in [1.54, 1.807) is 29.3 Å². The number of anilines is 1. The van der Waals surface area contributed by atoms with Crippen molar-refractivity contribution in [2.24, 2.45) is 5.41 Å². The predicted octanol–water partition coefficient (Wildman–Crippen LogP) is 6.28. The molecule has 208 valence electrons. The SMILES string of the molecule is N#CC1(Cc2ccc(F)cc2)CCN(C(=O)C2CN(Cc3ccccc3)c3cc(Cl)c(-c4cnco4)cc3O2)CC1. The summed E-state index contributed by atoms with van der Waals surface area (Å²) in [7, 11) is 0. The van der Waals surface area contributed by atoms with Gasteiger partial charge in [0.25, 0.3) is 5.91 Å². The maximum atomic E-state index is 13.8. The van der Waals surface area contributed by atoms with Crippen LogP contribution in [-0.4, -0.2) is 41.5 Å². The number of carbonyl (C=O) groups excluding carboxylic acids is 1. The Labute approximate surface area is 242 Å².